The van der Waals surface area contributed by atoms with Crippen LogP contribution < -0.4 is 10.6 Å². The molecule has 2 N–H and O–H groups in total. The van der Waals surface area contributed by atoms with Gasteiger partial charge in [0.05, 0.1) is 10.6 Å². The van der Waals surface area contributed by atoms with Gasteiger partial charge < -0.3 is 10.6 Å². The molecule has 3 aromatic rings. The number of thioether (sulfide) groups is 1. The van der Waals surface area contributed by atoms with Gasteiger partial charge in [-0.3, -0.25) is 9.59 Å². The molecular weight excluding hydrogens is 380 g/mol. The molecule has 0 saturated carbocycles. The molecule has 0 spiro atoms. The second-order valence-corrected chi connectivity index (χ2v) is 7.76. The summed E-state index contributed by atoms with van der Waals surface area (Å²) in [5.41, 5.74) is 3.36. The molecule has 5 heteroatoms. The summed E-state index contributed by atoms with van der Waals surface area (Å²) in [5, 5.41) is 5.84. The van der Waals surface area contributed by atoms with E-state index in [0.29, 0.717) is 22.7 Å². The van der Waals surface area contributed by atoms with Gasteiger partial charge in [-0.05, 0) is 41.8 Å². The quantitative estimate of drug-likeness (QED) is 0.608. The Balaban J connectivity index is 1.43. The number of hydrogen-bond acceptors (Lipinski definition) is 3. The summed E-state index contributed by atoms with van der Waals surface area (Å²) in [5.74, 6) is -0.304. The number of fused-ring (bicyclic) bond motifs is 1. The van der Waals surface area contributed by atoms with Crippen molar-refractivity contribution in [2.75, 3.05) is 11.9 Å². The molecule has 0 saturated heterocycles. The molecule has 0 fully saturated rings. The van der Waals surface area contributed by atoms with Gasteiger partial charge in [0, 0.05) is 17.0 Å². The summed E-state index contributed by atoms with van der Waals surface area (Å²) in [6.07, 6.45) is 2.64. The van der Waals surface area contributed by atoms with E-state index in [0.717, 1.165) is 16.9 Å². The topological polar surface area (TPSA) is 58.2 Å². The number of benzene rings is 3. The second-order valence-electron chi connectivity index (χ2n) is 6.68. The summed E-state index contributed by atoms with van der Waals surface area (Å²) < 4.78 is 0. The summed E-state index contributed by atoms with van der Waals surface area (Å²) in [6, 6.07) is 25.2. The molecule has 1 aliphatic heterocycles. The summed E-state index contributed by atoms with van der Waals surface area (Å²) in [7, 11) is 0. The van der Waals surface area contributed by atoms with Crippen LogP contribution in [-0.4, -0.2) is 18.4 Å². The molecule has 0 aliphatic carbocycles. The first kappa shape index (κ1) is 19.0. The highest BCUT2D eigenvalue weighted by Crippen LogP contribution is 2.39. The van der Waals surface area contributed by atoms with Gasteiger partial charge in [0.1, 0.15) is 0 Å². The standard InChI is InChI=1S/C24H20N2O2S/c27-23(25-14-13-17-7-3-1-4-8-17)19-11-12-21-20(16-19)26-24(28)22(29-21)15-18-9-5-2-6-10-18/h1-12,15-16H,13-14H2,(H,25,27)(H,26,28)/b22-15-. The zero-order valence-electron chi connectivity index (χ0n) is 15.7. The van der Waals surface area contributed by atoms with E-state index in [1.54, 1.807) is 12.1 Å². The maximum atomic E-state index is 12.5. The van der Waals surface area contributed by atoms with E-state index >= 15 is 0 Å². The molecule has 0 atom stereocenters. The molecule has 0 radical (unpaired) electrons. The van der Waals surface area contributed by atoms with Gasteiger partial charge in [0.2, 0.25) is 0 Å². The molecule has 0 bridgehead atoms. The summed E-state index contributed by atoms with van der Waals surface area (Å²) in [6.45, 7) is 0.561. The van der Waals surface area contributed by atoms with Crippen LogP contribution in [0.5, 0.6) is 0 Å². The Morgan fingerprint density at radius 3 is 2.45 bits per heavy atom. The van der Waals surface area contributed by atoms with Crippen molar-refractivity contribution in [2.45, 2.75) is 11.3 Å². The van der Waals surface area contributed by atoms with Gasteiger partial charge in [-0.25, -0.2) is 0 Å². The fourth-order valence-corrected chi connectivity index (χ4v) is 4.00. The third-order valence-electron chi connectivity index (χ3n) is 4.57. The number of nitrogens with one attached hydrogen (secondary N) is 2. The van der Waals surface area contributed by atoms with Crippen molar-refractivity contribution in [3.63, 3.8) is 0 Å². The number of rotatable bonds is 5. The average Bonchev–Trinajstić information content (AvgIpc) is 2.75. The fraction of sp³-hybridized carbons (Fsp3) is 0.0833. The van der Waals surface area contributed by atoms with Crippen LogP contribution in [0.2, 0.25) is 0 Å². The molecule has 3 aromatic carbocycles. The molecule has 144 valence electrons. The van der Waals surface area contributed by atoms with Crippen molar-refractivity contribution in [1.82, 2.24) is 5.32 Å². The minimum Gasteiger partial charge on any atom is -0.352 e. The molecule has 0 unspecified atom stereocenters. The van der Waals surface area contributed by atoms with Crippen LogP contribution in [0.15, 0.2) is 88.7 Å². The molecule has 2 amide bonds. The number of carbonyl (C=O) groups is 2. The summed E-state index contributed by atoms with van der Waals surface area (Å²) >= 11 is 1.41. The first-order valence-electron chi connectivity index (χ1n) is 9.41. The minimum absolute atomic E-state index is 0.145. The van der Waals surface area contributed by atoms with Crippen molar-refractivity contribution >= 4 is 35.3 Å². The van der Waals surface area contributed by atoms with E-state index in [-0.39, 0.29) is 11.8 Å². The fourth-order valence-electron chi connectivity index (χ4n) is 3.07. The Hall–Kier alpha value is -3.31. The van der Waals surface area contributed by atoms with Crippen LogP contribution in [-0.2, 0) is 11.2 Å². The van der Waals surface area contributed by atoms with Crippen LogP contribution >= 0.6 is 11.8 Å². The van der Waals surface area contributed by atoms with Crippen LogP contribution in [0, 0.1) is 0 Å². The molecule has 1 aliphatic rings. The lowest BCUT2D eigenvalue weighted by Gasteiger charge is -2.19. The van der Waals surface area contributed by atoms with Crippen molar-refractivity contribution in [3.05, 3.63) is 100 Å². The van der Waals surface area contributed by atoms with Gasteiger partial charge in [-0.2, -0.15) is 0 Å². The predicted octanol–water partition coefficient (Wildman–Crippen LogP) is 4.74. The molecule has 4 nitrogen and oxygen atoms in total. The van der Waals surface area contributed by atoms with Crippen molar-refractivity contribution in [1.29, 1.82) is 0 Å². The van der Waals surface area contributed by atoms with Gasteiger partial charge in [-0.1, -0.05) is 72.4 Å². The third-order valence-corrected chi connectivity index (χ3v) is 5.67. The number of anilines is 1. The van der Waals surface area contributed by atoms with E-state index in [1.165, 1.54) is 17.3 Å². The highest BCUT2D eigenvalue weighted by molar-refractivity contribution is 8.04. The Morgan fingerprint density at radius 2 is 1.69 bits per heavy atom. The van der Waals surface area contributed by atoms with E-state index in [2.05, 4.69) is 10.6 Å². The van der Waals surface area contributed by atoms with E-state index < -0.39 is 0 Å². The first-order chi connectivity index (χ1) is 14.2. The second kappa shape index (κ2) is 8.80. The van der Waals surface area contributed by atoms with Gasteiger partial charge in [0.15, 0.2) is 0 Å². The lowest BCUT2D eigenvalue weighted by atomic mass is 10.1. The normalized spacial score (nSPS) is 14.2. The number of amides is 2. The smallest absolute Gasteiger partial charge is 0.262 e. The Morgan fingerprint density at radius 1 is 0.966 bits per heavy atom. The highest BCUT2D eigenvalue weighted by atomic mass is 32.2. The number of hydrogen-bond donors (Lipinski definition) is 2. The van der Waals surface area contributed by atoms with E-state index in [4.69, 9.17) is 0 Å². The molecule has 1 heterocycles. The van der Waals surface area contributed by atoms with Crippen LogP contribution in [0.25, 0.3) is 6.08 Å². The van der Waals surface area contributed by atoms with Gasteiger partial charge in [0.25, 0.3) is 11.8 Å². The van der Waals surface area contributed by atoms with Crippen molar-refractivity contribution in [3.8, 4) is 0 Å². The van der Waals surface area contributed by atoms with Crippen molar-refractivity contribution in [2.24, 2.45) is 0 Å². The van der Waals surface area contributed by atoms with Gasteiger partial charge in [-0.15, -0.1) is 0 Å². The Bertz CT molecular complexity index is 1060. The Labute approximate surface area is 174 Å². The predicted molar refractivity (Wildman–Crippen MR) is 118 cm³/mol. The van der Waals surface area contributed by atoms with Crippen LogP contribution in [0.4, 0.5) is 5.69 Å². The first-order valence-corrected chi connectivity index (χ1v) is 10.2. The maximum Gasteiger partial charge on any atom is 0.262 e. The third kappa shape index (κ3) is 4.76. The molecule has 0 aromatic heterocycles. The van der Waals surface area contributed by atoms with Crippen molar-refractivity contribution < 1.29 is 9.59 Å². The SMILES string of the molecule is O=C1Nc2cc(C(=O)NCCc3ccccc3)ccc2S/C1=C\c1ccccc1. The minimum atomic E-state index is -0.159. The van der Waals surface area contributed by atoms with E-state index in [1.807, 2.05) is 72.8 Å². The van der Waals surface area contributed by atoms with E-state index in [9.17, 15) is 9.59 Å². The average molecular weight is 401 g/mol. The molecular formula is C24H20N2O2S. The lowest BCUT2D eigenvalue weighted by molar-refractivity contribution is -0.112. The Kier molecular flexibility index (Phi) is 5.77. The van der Waals surface area contributed by atoms with Gasteiger partial charge >= 0.3 is 0 Å². The molecule has 29 heavy (non-hydrogen) atoms. The summed E-state index contributed by atoms with van der Waals surface area (Å²) in [4.78, 5) is 26.5. The lowest BCUT2D eigenvalue weighted by Crippen LogP contribution is -2.26. The molecule has 4 rings (SSSR count). The highest BCUT2D eigenvalue weighted by Gasteiger charge is 2.22. The zero-order chi connectivity index (χ0) is 20.1. The largest absolute Gasteiger partial charge is 0.352 e. The van der Waals surface area contributed by atoms with Crippen LogP contribution in [0.1, 0.15) is 21.5 Å². The van der Waals surface area contributed by atoms with Crippen LogP contribution in [0.3, 0.4) is 0 Å². The monoisotopic (exact) mass is 400 g/mol. The number of carbonyl (C=O) groups excluding carboxylic acids is 2. The zero-order valence-corrected chi connectivity index (χ0v) is 16.5. The maximum absolute atomic E-state index is 12.5.